The first kappa shape index (κ1) is 8.97. The van der Waals surface area contributed by atoms with Crippen molar-refractivity contribution in [1.82, 2.24) is 5.32 Å². The van der Waals surface area contributed by atoms with Crippen molar-refractivity contribution < 1.29 is 14.3 Å². The van der Waals surface area contributed by atoms with Gasteiger partial charge in [-0.2, -0.15) is 0 Å². The Morgan fingerprint density at radius 1 is 1.62 bits per heavy atom. The van der Waals surface area contributed by atoms with Crippen LogP contribution in [0.25, 0.3) is 0 Å². The van der Waals surface area contributed by atoms with Crippen LogP contribution in [-0.2, 0) is 14.3 Å². The summed E-state index contributed by atoms with van der Waals surface area (Å²) < 4.78 is 9.89. The Morgan fingerprint density at radius 2 is 2.38 bits per heavy atom. The highest BCUT2D eigenvalue weighted by atomic mass is 16.5. The molecule has 4 heteroatoms. The van der Waals surface area contributed by atoms with Crippen molar-refractivity contribution in [3.8, 4) is 0 Å². The van der Waals surface area contributed by atoms with E-state index in [0.717, 1.165) is 13.0 Å². The molecule has 1 N–H and O–H groups in total. The molecule has 0 bridgehead atoms. The van der Waals surface area contributed by atoms with Crippen LogP contribution in [-0.4, -0.2) is 39.4 Å². The molecule has 4 nitrogen and oxygen atoms in total. The van der Waals surface area contributed by atoms with Gasteiger partial charge in [-0.05, 0) is 18.9 Å². The molecule has 0 radical (unpaired) electrons. The molecule has 0 unspecified atom stereocenters. The predicted octanol–water partition coefficient (Wildman–Crippen LogP) is -0.216. The summed E-state index contributed by atoms with van der Waals surface area (Å²) in [4.78, 5) is 11.5. The average Bonchev–Trinajstić information content (AvgIpc) is 2.79. The molecule has 2 rings (SSSR count). The average molecular weight is 185 g/mol. The first-order valence-electron chi connectivity index (χ1n) is 4.56. The monoisotopic (exact) mass is 185 g/mol. The highest BCUT2D eigenvalue weighted by Gasteiger charge is 2.68. The van der Waals surface area contributed by atoms with Gasteiger partial charge in [0, 0.05) is 13.2 Å². The number of methoxy groups -OCH3 is 2. The van der Waals surface area contributed by atoms with Crippen LogP contribution in [0.1, 0.15) is 6.42 Å². The second-order valence-corrected chi connectivity index (χ2v) is 3.85. The molecule has 1 saturated heterocycles. The normalized spacial score (nSPS) is 41.4. The van der Waals surface area contributed by atoms with Crippen LogP contribution in [0.4, 0.5) is 0 Å². The van der Waals surface area contributed by atoms with Crippen molar-refractivity contribution in [3.63, 3.8) is 0 Å². The third-order valence-corrected chi connectivity index (χ3v) is 3.28. The van der Waals surface area contributed by atoms with E-state index in [1.807, 2.05) is 0 Å². The van der Waals surface area contributed by atoms with Crippen molar-refractivity contribution in [2.24, 2.45) is 11.3 Å². The van der Waals surface area contributed by atoms with Gasteiger partial charge in [-0.15, -0.1) is 0 Å². The SMILES string of the molecule is COC[C@H]1NC[C@H]2C[C@]21C(=O)OC. The highest BCUT2D eigenvalue weighted by molar-refractivity contribution is 5.82. The van der Waals surface area contributed by atoms with Crippen LogP contribution in [0.3, 0.4) is 0 Å². The van der Waals surface area contributed by atoms with Crippen molar-refractivity contribution in [1.29, 1.82) is 0 Å². The first-order valence-corrected chi connectivity index (χ1v) is 4.56. The van der Waals surface area contributed by atoms with E-state index in [0.29, 0.717) is 12.5 Å². The summed E-state index contributed by atoms with van der Waals surface area (Å²) in [5, 5.41) is 3.29. The predicted molar refractivity (Wildman–Crippen MR) is 46.2 cm³/mol. The molecule has 1 saturated carbocycles. The van der Waals surface area contributed by atoms with E-state index < -0.39 is 0 Å². The van der Waals surface area contributed by atoms with E-state index in [9.17, 15) is 4.79 Å². The van der Waals surface area contributed by atoms with Gasteiger partial charge in [0.2, 0.25) is 0 Å². The zero-order chi connectivity index (χ0) is 9.47. The van der Waals surface area contributed by atoms with E-state index in [4.69, 9.17) is 9.47 Å². The van der Waals surface area contributed by atoms with Gasteiger partial charge in [0.15, 0.2) is 0 Å². The fourth-order valence-corrected chi connectivity index (χ4v) is 2.45. The van der Waals surface area contributed by atoms with E-state index in [1.54, 1.807) is 7.11 Å². The summed E-state index contributed by atoms with van der Waals surface area (Å²) in [5.41, 5.74) is -0.259. The zero-order valence-corrected chi connectivity index (χ0v) is 8.00. The number of nitrogens with one attached hydrogen (secondary N) is 1. The second kappa shape index (κ2) is 2.96. The van der Waals surface area contributed by atoms with Gasteiger partial charge in [-0.3, -0.25) is 4.79 Å². The summed E-state index contributed by atoms with van der Waals surface area (Å²) >= 11 is 0. The lowest BCUT2D eigenvalue weighted by Crippen LogP contribution is -2.40. The number of esters is 1. The maximum Gasteiger partial charge on any atom is 0.313 e. The number of fused-ring (bicyclic) bond motifs is 1. The van der Waals surface area contributed by atoms with Crippen molar-refractivity contribution in [2.75, 3.05) is 27.4 Å². The molecule has 74 valence electrons. The molecule has 1 aliphatic carbocycles. The number of ether oxygens (including phenoxy) is 2. The fourth-order valence-electron chi connectivity index (χ4n) is 2.45. The molecular weight excluding hydrogens is 170 g/mol. The molecule has 0 spiro atoms. The van der Waals surface area contributed by atoms with Crippen molar-refractivity contribution in [2.45, 2.75) is 12.5 Å². The van der Waals surface area contributed by atoms with Gasteiger partial charge in [-0.1, -0.05) is 0 Å². The standard InChI is InChI=1S/C9H15NO3/c1-12-5-7-9(8(11)13-2)3-6(9)4-10-7/h6-7,10H,3-5H2,1-2H3/t6-,7-,9+/m1/s1. The number of hydrogen-bond acceptors (Lipinski definition) is 4. The smallest absolute Gasteiger partial charge is 0.313 e. The molecule has 2 fully saturated rings. The summed E-state index contributed by atoms with van der Waals surface area (Å²) in [5.74, 6) is 0.393. The van der Waals surface area contributed by atoms with Gasteiger partial charge >= 0.3 is 5.97 Å². The number of piperidine rings is 1. The van der Waals surface area contributed by atoms with Gasteiger partial charge in [0.25, 0.3) is 0 Å². The Morgan fingerprint density at radius 3 is 2.92 bits per heavy atom. The van der Waals surface area contributed by atoms with Crippen LogP contribution in [0.5, 0.6) is 0 Å². The Labute approximate surface area is 77.6 Å². The van der Waals surface area contributed by atoms with E-state index >= 15 is 0 Å². The molecule has 0 aromatic heterocycles. The first-order chi connectivity index (χ1) is 6.25. The van der Waals surface area contributed by atoms with Crippen LogP contribution in [0, 0.1) is 11.3 Å². The Kier molecular flexibility index (Phi) is 2.04. The molecule has 2 aliphatic rings. The van der Waals surface area contributed by atoms with Crippen LogP contribution in [0.15, 0.2) is 0 Å². The third-order valence-electron chi connectivity index (χ3n) is 3.28. The Balaban J connectivity index is 2.09. The number of carbonyl (C=O) groups is 1. The van der Waals surface area contributed by atoms with Crippen LogP contribution >= 0.6 is 0 Å². The van der Waals surface area contributed by atoms with E-state index in [2.05, 4.69) is 5.32 Å². The Hall–Kier alpha value is -0.610. The summed E-state index contributed by atoms with van der Waals surface area (Å²) in [6, 6.07) is 0.148. The third kappa shape index (κ3) is 1.09. The molecule has 13 heavy (non-hydrogen) atoms. The lowest BCUT2D eigenvalue weighted by molar-refractivity contribution is -0.148. The molecule has 0 aromatic carbocycles. The second-order valence-electron chi connectivity index (χ2n) is 3.85. The Bertz CT molecular complexity index is 231. The molecule has 1 aliphatic heterocycles. The van der Waals surface area contributed by atoms with E-state index in [-0.39, 0.29) is 17.4 Å². The van der Waals surface area contributed by atoms with Gasteiger partial charge in [-0.25, -0.2) is 0 Å². The minimum absolute atomic E-state index is 0.0791. The van der Waals surface area contributed by atoms with E-state index in [1.165, 1.54) is 7.11 Å². The molecule has 1 heterocycles. The minimum Gasteiger partial charge on any atom is -0.469 e. The maximum atomic E-state index is 11.5. The lowest BCUT2D eigenvalue weighted by Gasteiger charge is -2.20. The highest BCUT2D eigenvalue weighted by Crippen LogP contribution is 2.59. The van der Waals surface area contributed by atoms with Gasteiger partial charge in [0.05, 0.1) is 19.1 Å². The van der Waals surface area contributed by atoms with Crippen molar-refractivity contribution in [3.05, 3.63) is 0 Å². The largest absolute Gasteiger partial charge is 0.469 e. The minimum atomic E-state index is -0.259. The van der Waals surface area contributed by atoms with Crippen LogP contribution < -0.4 is 5.32 Å². The van der Waals surface area contributed by atoms with Crippen LogP contribution in [0.2, 0.25) is 0 Å². The number of rotatable bonds is 3. The molecule has 0 amide bonds. The molecular formula is C9H15NO3. The fraction of sp³-hybridized carbons (Fsp3) is 0.889. The van der Waals surface area contributed by atoms with Gasteiger partial charge < -0.3 is 14.8 Å². The quantitative estimate of drug-likeness (QED) is 0.618. The number of carbonyl (C=O) groups excluding carboxylic acids is 1. The summed E-state index contributed by atoms with van der Waals surface area (Å²) in [7, 11) is 3.11. The molecule has 0 aromatic rings. The maximum absolute atomic E-state index is 11.5. The lowest BCUT2D eigenvalue weighted by atomic mass is 9.97. The van der Waals surface area contributed by atoms with Crippen molar-refractivity contribution >= 4 is 5.97 Å². The van der Waals surface area contributed by atoms with Gasteiger partial charge in [0.1, 0.15) is 0 Å². The molecule has 3 atom stereocenters. The summed E-state index contributed by atoms with van der Waals surface area (Å²) in [6.07, 6.45) is 0.959. The zero-order valence-electron chi connectivity index (χ0n) is 8.00. The topological polar surface area (TPSA) is 47.6 Å². The number of hydrogen-bond donors (Lipinski definition) is 1. The summed E-state index contributed by atoms with van der Waals surface area (Å²) in [6.45, 7) is 1.51.